The number of fused-ring (bicyclic) bond motifs is 13. The number of aromatic nitrogens is 5. The fourth-order valence-corrected chi connectivity index (χ4v) is 9.87. The minimum absolute atomic E-state index is 0.620. The van der Waals surface area contributed by atoms with Crippen molar-refractivity contribution < 1.29 is 0 Å². The minimum Gasteiger partial charge on any atom is -0.307 e. The zero-order valence-electron chi connectivity index (χ0n) is 33.4. The van der Waals surface area contributed by atoms with Gasteiger partial charge in [-0.3, -0.25) is 0 Å². The molecular formula is C57H35N5. The second-order valence-electron chi connectivity index (χ2n) is 15.9. The maximum atomic E-state index is 5.38. The molecule has 0 unspecified atom stereocenters. The summed E-state index contributed by atoms with van der Waals surface area (Å²) in [6.45, 7) is 0. The van der Waals surface area contributed by atoms with E-state index in [-0.39, 0.29) is 0 Å². The highest BCUT2D eigenvalue weighted by atomic mass is 15.1. The van der Waals surface area contributed by atoms with Crippen molar-refractivity contribution in [1.82, 2.24) is 24.1 Å². The van der Waals surface area contributed by atoms with Gasteiger partial charge in [-0.15, -0.1) is 0 Å². The summed E-state index contributed by atoms with van der Waals surface area (Å²) in [5.74, 6) is 1.88. The highest BCUT2D eigenvalue weighted by molar-refractivity contribution is 6.29. The topological polar surface area (TPSA) is 48.5 Å². The molecule has 10 aromatic carbocycles. The zero-order valence-corrected chi connectivity index (χ0v) is 33.4. The van der Waals surface area contributed by atoms with Crippen LogP contribution in [-0.2, 0) is 0 Å². The summed E-state index contributed by atoms with van der Waals surface area (Å²) in [5, 5.41) is 11.8. The molecular weight excluding hydrogens is 755 g/mol. The molecule has 0 fully saturated rings. The molecule has 5 heteroatoms. The van der Waals surface area contributed by atoms with Gasteiger partial charge >= 0.3 is 0 Å². The lowest BCUT2D eigenvalue weighted by atomic mass is 9.91. The number of para-hydroxylation sites is 3. The van der Waals surface area contributed by atoms with Gasteiger partial charge in [-0.2, -0.15) is 0 Å². The maximum absolute atomic E-state index is 5.38. The molecule has 0 spiro atoms. The van der Waals surface area contributed by atoms with E-state index in [1.807, 2.05) is 36.4 Å². The van der Waals surface area contributed by atoms with Crippen LogP contribution in [0, 0.1) is 0 Å². The smallest absolute Gasteiger partial charge is 0.164 e. The summed E-state index contributed by atoms with van der Waals surface area (Å²) < 4.78 is 4.92. The molecule has 62 heavy (non-hydrogen) atoms. The van der Waals surface area contributed by atoms with Crippen LogP contribution in [0.4, 0.5) is 0 Å². The van der Waals surface area contributed by atoms with Gasteiger partial charge in [0.2, 0.25) is 0 Å². The highest BCUT2D eigenvalue weighted by Gasteiger charge is 2.24. The molecule has 0 aliphatic heterocycles. The van der Waals surface area contributed by atoms with E-state index in [1.54, 1.807) is 0 Å². The molecule has 0 saturated carbocycles. The average Bonchev–Trinajstić information content (AvgIpc) is 3.88. The van der Waals surface area contributed by atoms with E-state index >= 15 is 0 Å². The molecule has 0 aliphatic carbocycles. The van der Waals surface area contributed by atoms with Crippen LogP contribution in [0.25, 0.3) is 121 Å². The van der Waals surface area contributed by atoms with Crippen molar-refractivity contribution in [1.29, 1.82) is 0 Å². The second-order valence-corrected chi connectivity index (χ2v) is 15.9. The van der Waals surface area contributed by atoms with Crippen molar-refractivity contribution in [3.8, 4) is 45.5 Å². The molecule has 0 atom stereocenters. The standard InChI is InChI=1S/C57H35N5/c1-4-18-36(19-5-1)55-58-56(37-20-6-2-7-21-37)60-57(59-55)49-35-39(34-48-42-26-11-10-24-40(42)41-25-12-13-29-45(41)52(48)49)62-51-31-17-15-28-44(51)47-33-32-46-43-27-14-16-30-50(43)61(53(46)54(47)62)38-22-8-3-9-23-38/h1-35H. The van der Waals surface area contributed by atoms with Gasteiger partial charge in [0, 0.05) is 55.0 Å². The molecule has 0 saturated heterocycles. The van der Waals surface area contributed by atoms with Crippen LogP contribution in [-0.4, -0.2) is 24.1 Å². The van der Waals surface area contributed by atoms with Crippen molar-refractivity contribution in [3.05, 3.63) is 212 Å². The first kappa shape index (κ1) is 34.5. The van der Waals surface area contributed by atoms with Gasteiger partial charge in [0.05, 0.1) is 22.1 Å². The van der Waals surface area contributed by atoms with E-state index in [2.05, 4.69) is 185 Å². The summed E-state index contributed by atoms with van der Waals surface area (Å²) in [6, 6.07) is 75.7. The van der Waals surface area contributed by atoms with Crippen molar-refractivity contribution in [2.45, 2.75) is 0 Å². The first-order chi connectivity index (χ1) is 30.8. The zero-order chi connectivity index (χ0) is 40.7. The van der Waals surface area contributed by atoms with Crippen LogP contribution in [0.5, 0.6) is 0 Å². The van der Waals surface area contributed by atoms with Crippen molar-refractivity contribution in [2.24, 2.45) is 0 Å². The molecule has 5 nitrogen and oxygen atoms in total. The van der Waals surface area contributed by atoms with Crippen LogP contribution >= 0.6 is 0 Å². The second kappa shape index (κ2) is 13.6. The molecule has 0 radical (unpaired) electrons. The Kier molecular flexibility index (Phi) is 7.54. The lowest BCUT2D eigenvalue weighted by Crippen LogP contribution is -2.03. The fourth-order valence-electron chi connectivity index (χ4n) is 9.87. The third-order valence-electron chi connectivity index (χ3n) is 12.5. The van der Waals surface area contributed by atoms with E-state index in [1.165, 1.54) is 43.2 Å². The van der Waals surface area contributed by atoms with Gasteiger partial charge in [0.1, 0.15) is 0 Å². The average molecular weight is 790 g/mol. The summed E-state index contributed by atoms with van der Waals surface area (Å²) in [7, 11) is 0. The third-order valence-corrected chi connectivity index (χ3v) is 12.5. The van der Waals surface area contributed by atoms with E-state index in [9.17, 15) is 0 Å². The summed E-state index contributed by atoms with van der Waals surface area (Å²) >= 11 is 0. The first-order valence-electron chi connectivity index (χ1n) is 21.0. The molecule has 0 aliphatic rings. The number of benzene rings is 10. The van der Waals surface area contributed by atoms with E-state index < -0.39 is 0 Å². The van der Waals surface area contributed by atoms with Gasteiger partial charge in [-0.1, -0.05) is 176 Å². The van der Waals surface area contributed by atoms with E-state index in [0.29, 0.717) is 17.5 Å². The first-order valence-corrected chi connectivity index (χ1v) is 21.0. The van der Waals surface area contributed by atoms with Crippen molar-refractivity contribution in [2.75, 3.05) is 0 Å². The van der Waals surface area contributed by atoms with Crippen molar-refractivity contribution >= 4 is 75.9 Å². The largest absolute Gasteiger partial charge is 0.307 e. The Morgan fingerprint density at radius 1 is 0.274 bits per heavy atom. The number of nitrogens with zero attached hydrogens (tertiary/aromatic N) is 5. The summed E-state index contributed by atoms with van der Waals surface area (Å²) in [4.78, 5) is 15.9. The molecule has 0 bridgehead atoms. The number of hydrogen-bond acceptors (Lipinski definition) is 3. The molecule has 3 heterocycles. The predicted molar refractivity (Wildman–Crippen MR) is 257 cm³/mol. The maximum Gasteiger partial charge on any atom is 0.164 e. The van der Waals surface area contributed by atoms with Crippen LogP contribution in [0.3, 0.4) is 0 Å². The Balaban J connectivity index is 1.23. The lowest BCUT2D eigenvalue weighted by molar-refractivity contribution is 1.07. The molecule has 13 aromatic rings. The monoisotopic (exact) mass is 789 g/mol. The Bertz CT molecular complexity index is 3850. The van der Waals surface area contributed by atoms with Crippen LogP contribution in [0.15, 0.2) is 212 Å². The fraction of sp³-hybridized carbons (Fsp3) is 0. The van der Waals surface area contributed by atoms with Gasteiger partial charge < -0.3 is 9.13 Å². The Morgan fingerprint density at radius 2 is 0.677 bits per heavy atom. The molecule has 288 valence electrons. The van der Waals surface area contributed by atoms with Crippen molar-refractivity contribution in [3.63, 3.8) is 0 Å². The Labute approximate surface area is 356 Å². The quantitative estimate of drug-likeness (QED) is 0.163. The SMILES string of the molecule is c1ccc(-c2nc(-c3ccccc3)nc(-c3cc(-n4c5ccccc5c5ccc6c7ccccc7n(-c7ccccc7)c6c54)cc4c5ccccc5c5ccccc5c34)n2)cc1. The van der Waals surface area contributed by atoms with Gasteiger partial charge in [-0.25, -0.2) is 15.0 Å². The lowest BCUT2D eigenvalue weighted by Gasteiger charge is -2.18. The molecule has 0 amide bonds. The third kappa shape index (κ3) is 5.12. The number of rotatable bonds is 5. The normalized spacial score (nSPS) is 11.9. The Hall–Kier alpha value is -8.41. The minimum atomic E-state index is 0.620. The van der Waals surface area contributed by atoms with Crippen LogP contribution in [0.1, 0.15) is 0 Å². The molecule has 0 N–H and O–H groups in total. The van der Waals surface area contributed by atoms with Gasteiger partial charge in [0.25, 0.3) is 0 Å². The number of hydrogen-bond donors (Lipinski definition) is 0. The molecule has 13 rings (SSSR count). The summed E-state index contributed by atoms with van der Waals surface area (Å²) in [5.41, 5.74) is 9.55. The predicted octanol–water partition coefficient (Wildman–Crippen LogP) is 14.5. The van der Waals surface area contributed by atoms with Gasteiger partial charge in [0.15, 0.2) is 17.5 Å². The summed E-state index contributed by atoms with van der Waals surface area (Å²) in [6.07, 6.45) is 0. The van der Waals surface area contributed by atoms with Gasteiger partial charge in [-0.05, 0) is 63.3 Å². The highest BCUT2D eigenvalue weighted by Crippen LogP contribution is 2.45. The van der Waals surface area contributed by atoms with E-state index in [0.717, 1.165) is 60.8 Å². The Morgan fingerprint density at radius 3 is 1.23 bits per heavy atom. The molecule has 3 aromatic heterocycles. The van der Waals surface area contributed by atoms with Crippen LogP contribution < -0.4 is 0 Å². The van der Waals surface area contributed by atoms with E-state index in [4.69, 9.17) is 15.0 Å². The van der Waals surface area contributed by atoms with Crippen LogP contribution in [0.2, 0.25) is 0 Å².